The number of allylic oxidation sites excluding steroid dienone is 6. The molecule has 1 aliphatic heterocycles. The summed E-state index contributed by atoms with van der Waals surface area (Å²) in [6, 6.07) is 0. The van der Waals surface area contributed by atoms with Gasteiger partial charge < -0.3 is 0 Å². The van der Waals surface area contributed by atoms with Gasteiger partial charge in [0.1, 0.15) is 0 Å². The summed E-state index contributed by atoms with van der Waals surface area (Å²) in [4.78, 5) is 0. The third kappa shape index (κ3) is 3.00. The van der Waals surface area contributed by atoms with E-state index in [-0.39, 0.29) is 0 Å². The second-order valence-electron chi connectivity index (χ2n) is 2.07. The van der Waals surface area contributed by atoms with Gasteiger partial charge in [-0.25, -0.2) is 8.99 Å². The van der Waals surface area contributed by atoms with Gasteiger partial charge in [0, 0.05) is 10.8 Å². The molecule has 0 spiro atoms. The summed E-state index contributed by atoms with van der Waals surface area (Å²) in [5.74, 6) is 0. The number of rotatable bonds is 0. The summed E-state index contributed by atoms with van der Waals surface area (Å²) in [6.45, 7) is 0. The topological polar surface area (TPSA) is 40.9 Å². The molecule has 2 nitrogen and oxygen atoms in total. The minimum absolute atomic E-state index is 1.38. The molecule has 1 heterocycles. The van der Waals surface area contributed by atoms with Gasteiger partial charge in [0.25, 0.3) is 0 Å². The zero-order valence-electron chi connectivity index (χ0n) is 5.94. The maximum absolute atomic E-state index is 11.2. The van der Waals surface area contributed by atoms with Crippen LogP contribution >= 0.6 is 0 Å². The first-order valence-electron chi connectivity index (χ1n) is 3.18. The normalized spacial score (nSPS) is 38.2. The average molecular weight is 167 g/mol. The fourth-order valence-corrected chi connectivity index (χ4v) is 1.37. The predicted octanol–water partition coefficient (Wildman–Crippen LogP) is 2.19. The smallest absolute Gasteiger partial charge is 0.0874 e. The lowest BCUT2D eigenvalue weighted by atomic mass is 10.4. The Hall–Kier alpha value is -1.09. The first kappa shape index (κ1) is 8.01. The van der Waals surface area contributed by atoms with E-state index in [1.54, 1.807) is 24.3 Å². The maximum Gasteiger partial charge on any atom is 0.0874 e. The number of nitrogens with one attached hydrogen (secondary N) is 1. The molecule has 0 fully saturated rings. The molecule has 0 bridgehead atoms. The average Bonchev–Trinajstić information content (AvgIpc) is 2.00. The van der Waals surface area contributed by atoms with Crippen LogP contribution in [0.25, 0.3) is 0 Å². The Morgan fingerprint density at radius 1 is 0.818 bits per heavy atom. The van der Waals surface area contributed by atoms with Crippen LogP contribution in [0.2, 0.25) is 0 Å². The van der Waals surface area contributed by atoms with Crippen molar-refractivity contribution in [2.75, 3.05) is 0 Å². The second kappa shape index (κ2) is 3.34. The molecule has 3 heteroatoms. The summed E-state index contributed by atoms with van der Waals surface area (Å²) >= 11 is 0. The van der Waals surface area contributed by atoms with E-state index < -0.39 is 9.73 Å². The second-order valence-corrected chi connectivity index (χ2v) is 3.91. The molecule has 1 atom stereocenters. The molecule has 0 aromatic rings. The van der Waals surface area contributed by atoms with Crippen molar-refractivity contribution in [2.24, 2.45) is 0 Å². The lowest BCUT2D eigenvalue weighted by Crippen LogP contribution is -1.82. The Bertz CT molecular complexity index is 303. The SMILES string of the molecule is N=S1(=O)C=C\C=C/C=C/C=C\1. The van der Waals surface area contributed by atoms with Crippen LogP contribution in [0.4, 0.5) is 0 Å². The van der Waals surface area contributed by atoms with Gasteiger partial charge in [0.05, 0.1) is 9.73 Å². The minimum atomic E-state index is -2.63. The van der Waals surface area contributed by atoms with Crippen LogP contribution in [0.15, 0.2) is 47.3 Å². The fourth-order valence-electron chi connectivity index (χ4n) is 0.626. The Morgan fingerprint density at radius 3 is 1.64 bits per heavy atom. The van der Waals surface area contributed by atoms with E-state index in [1.165, 1.54) is 10.8 Å². The van der Waals surface area contributed by atoms with Crippen LogP contribution in [0.1, 0.15) is 0 Å². The summed E-state index contributed by atoms with van der Waals surface area (Å²) < 4.78 is 18.4. The zero-order valence-corrected chi connectivity index (χ0v) is 6.75. The van der Waals surface area contributed by atoms with Crippen molar-refractivity contribution >= 4 is 9.73 Å². The Morgan fingerprint density at radius 2 is 1.18 bits per heavy atom. The Balaban J connectivity index is 3.05. The quantitative estimate of drug-likeness (QED) is 0.590. The third-order valence-electron chi connectivity index (χ3n) is 1.12. The van der Waals surface area contributed by atoms with Gasteiger partial charge in [-0.2, -0.15) is 0 Å². The molecule has 0 radical (unpaired) electrons. The highest BCUT2D eigenvalue weighted by Crippen LogP contribution is 1.99. The van der Waals surface area contributed by atoms with Gasteiger partial charge in [-0.05, 0) is 0 Å². The van der Waals surface area contributed by atoms with Crippen LogP contribution in [-0.2, 0) is 9.73 Å². The van der Waals surface area contributed by atoms with Crippen molar-refractivity contribution in [1.82, 2.24) is 0 Å². The molecule has 0 amide bonds. The monoisotopic (exact) mass is 167 g/mol. The molecular formula is C8H9NOS. The van der Waals surface area contributed by atoms with Gasteiger partial charge >= 0.3 is 0 Å². The first-order valence-corrected chi connectivity index (χ1v) is 4.86. The van der Waals surface area contributed by atoms with Crippen molar-refractivity contribution in [3.63, 3.8) is 0 Å². The van der Waals surface area contributed by atoms with Crippen molar-refractivity contribution in [2.45, 2.75) is 0 Å². The highest BCUT2D eigenvalue weighted by Gasteiger charge is 1.90. The molecule has 0 saturated heterocycles. The minimum Gasteiger partial charge on any atom is -0.246 e. The summed E-state index contributed by atoms with van der Waals surface area (Å²) in [7, 11) is -2.63. The predicted molar refractivity (Wildman–Crippen MR) is 47.4 cm³/mol. The molecule has 11 heavy (non-hydrogen) atoms. The van der Waals surface area contributed by atoms with Gasteiger partial charge in [-0.3, -0.25) is 0 Å². The van der Waals surface area contributed by atoms with Crippen molar-refractivity contribution < 1.29 is 4.21 Å². The van der Waals surface area contributed by atoms with Gasteiger partial charge in [0.2, 0.25) is 0 Å². The molecule has 0 aromatic carbocycles. The van der Waals surface area contributed by atoms with Crippen molar-refractivity contribution in [1.29, 1.82) is 4.78 Å². The molecule has 1 rings (SSSR count). The van der Waals surface area contributed by atoms with Crippen LogP contribution in [0.5, 0.6) is 0 Å². The highest BCUT2D eigenvalue weighted by atomic mass is 32.2. The van der Waals surface area contributed by atoms with Crippen LogP contribution in [0.3, 0.4) is 0 Å². The van der Waals surface area contributed by atoms with Crippen LogP contribution in [-0.4, -0.2) is 4.21 Å². The van der Waals surface area contributed by atoms with Crippen LogP contribution in [0, 0.1) is 4.78 Å². The Kier molecular flexibility index (Phi) is 2.44. The number of hydrogen-bond acceptors (Lipinski definition) is 2. The molecule has 1 N–H and O–H groups in total. The van der Waals surface area contributed by atoms with E-state index in [2.05, 4.69) is 0 Å². The molecule has 0 aliphatic carbocycles. The van der Waals surface area contributed by atoms with Gasteiger partial charge in [-0.1, -0.05) is 36.5 Å². The lowest BCUT2D eigenvalue weighted by molar-refractivity contribution is 0.686. The fraction of sp³-hybridized carbons (Fsp3) is 0. The third-order valence-corrected chi connectivity index (χ3v) is 2.24. The first-order chi connectivity index (χ1) is 5.21. The van der Waals surface area contributed by atoms with Crippen molar-refractivity contribution in [3.05, 3.63) is 47.3 Å². The standard InChI is InChI=1S/C8H9NOS/c9-11(10)7-5-3-1-2-4-6-8-11/h1-9H/b3-1-,4-2+,7-5?,8-6-. The zero-order chi connectivity index (χ0) is 8.16. The summed E-state index contributed by atoms with van der Waals surface area (Å²) in [5.41, 5.74) is 0. The molecule has 1 aliphatic rings. The van der Waals surface area contributed by atoms with Crippen LogP contribution < -0.4 is 0 Å². The molecule has 58 valence electrons. The lowest BCUT2D eigenvalue weighted by Gasteiger charge is -1.88. The van der Waals surface area contributed by atoms with E-state index >= 15 is 0 Å². The van der Waals surface area contributed by atoms with E-state index in [9.17, 15) is 4.21 Å². The molecular weight excluding hydrogens is 158 g/mol. The molecule has 0 aromatic heterocycles. The summed E-state index contributed by atoms with van der Waals surface area (Å²) in [6.07, 6.45) is 10.4. The van der Waals surface area contributed by atoms with Crippen molar-refractivity contribution in [3.8, 4) is 0 Å². The van der Waals surface area contributed by atoms with E-state index in [1.807, 2.05) is 12.2 Å². The van der Waals surface area contributed by atoms with E-state index in [0.29, 0.717) is 0 Å². The number of hydrogen-bond donors (Lipinski definition) is 1. The van der Waals surface area contributed by atoms with E-state index in [4.69, 9.17) is 4.78 Å². The molecule has 0 saturated carbocycles. The van der Waals surface area contributed by atoms with Gasteiger partial charge in [0.15, 0.2) is 0 Å². The van der Waals surface area contributed by atoms with E-state index in [0.717, 1.165) is 0 Å². The van der Waals surface area contributed by atoms with Gasteiger partial charge in [-0.15, -0.1) is 0 Å². The largest absolute Gasteiger partial charge is 0.246 e. The highest BCUT2D eigenvalue weighted by molar-refractivity contribution is 7.98. The Labute approximate surface area is 66.6 Å². The maximum atomic E-state index is 11.2. The summed E-state index contributed by atoms with van der Waals surface area (Å²) in [5, 5.41) is 2.76. The molecule has 1 unspecified atom stereocenters.